The van der Waals surface area contributed by atoms with Crippen molar-refractivity contribution in [2.24, 2.45) is 5.92 Å². The van der Waals surface area contributed by atoms with E-state index in [1.165, 1.54) is 13.3 Å². The van der Waals surface area contributed by atoms with Crippen LogP contribution in [-0.4, -0.2) is 36.4 Å². The fourth-order valence-electron chi connectivity index (χ4n) is 2.86. The first kappa shape index (κ1) is 17.3. The Morgan fingerprint density at radius 1 is 0.941 bits per heavy atom. The summed E-state index contributed by atoms with van der Waals surface area (Å²) in [7, 11) is 0. The van der Waals surface area contributed by atoms with Crippen molar-refractivity contribution in [3.63, 3.8) is 0 Å². The fraction of sp³-hybridized carbons (Fsp3) is 0.867. The van der Waals surface area contributed by atoms with Gasteiger partial charge in [0.25, 0.3) is 0 Å². The second-order valence-corrected chi connectivity index (χ2v) is 20.3. The molecule has 2 heteroatoms. The van der Waals surface area contributed by atoms with Crippen molar-refractivity contribution in [3.05, 3.63) is 9.79 Å². The summed E-state index contributed by atoms with van der Waals surface area (Å²) in [5, 5.41) is 0. The molecule has 1 nitrogen and oxygen atoms in total. The van der Waals surface area contributed by atoms with Crippen LogP contribution in [0.3, 0.4) is 0 Å². The minimum atomic E-state index is -2.00. The van der Waals surface area contributed by atoms with Gasteiger partial charge in [-0.1, -0.05) is 0 Å². The predicted molar refractivity (Wildman–Crippen MR) is 83.0 cm³/mol. The quantitative estimate of drug-likeness (QED) is 0.564. The Balaban J connectivity index is 5.32. The van der Waals surface area contributed by atoms with Crippen molar-refractivity contribution in [3.8, 4) is 0 Å². The summed E-state index contributed by atoms with van der Waals surface area (Å²) in [6.07, 6.45) is 2.54. The maximum atomic E-state index is 2.54. The zero-order valence-corrected chi connectivity index (χ0v) is 16.0. The Labute approximate surface area is 114 Å². The van der Waals surface area contributed by atoms with Gasteiger partial charge in [-0.3, -0.25) is 0 Å². The molecule has 0 spiro atoms. The average molecular weight is 346 g/mol. The van der Waals surface area contributed by atoms with E-state index in [0.29, 0.717) is 0 Å². The van der Waals surface area contributed by atoms with Crippen molar-refractivity contribution >= 4 is 18.4 Å². The minimum absolute atomic E-state index is 0.742. The van der Waals surface area contributed by atoms with E-state index in [4.69, 9.17) is 0 Å². The van der Waals surface area contributed by atoms with Gasteiger partial charge in [-0.25, -0.2) is 0 Å². The van der Waals surface area contributed by atoms with Crippen LogP contribution in [0.2, 0.25) is 13.3 Å². The number of nitrogens with zero attached hydrogens (tertiary/aromatic N) is 1. The first-order valence-electron chi connectivity index (χ1n) is 7.47. The Kier molecular flexibility index (Phi) is 8.61. The Hall–Kier alpha value is 0.339. The predicted octanol–water partition coefficient (Wildman–Crippen LogP) is 4.92. The molecule has 0 amide bonds. The van der Waals surface area contributed by atoms with Gasteiger partial charge in [0.15, 0.2) is 0 Å². The molecule has 0 saturated carbocycles. The van der Waals surface area contributed by atoms with Gasteiger partial charge in [0.05, 0.1) is 0 Å². The standard InChI is InChI=1S/C9H18N.3C2H5.Sn/c1-5-10(6-2)8-7-9(3)4;3*1-2;/h8-9H,5-6H2,1-4H3;3*1H2,2H3;. The van der Waals surface area contributed by atoms with Gasteiger partial charge < -0.3 is 0 Å². The molecule has 0 atom stereocenters. The third-order valence-electron chi connectivity index (χ3n) is 4.40. The SMILES string of the molecule is CCN(C=[C](C(C)C)[Sn]([CH2]C)([CH2]C)[CH2]C)CC. The van der Waals surface area contributed by atoms with Gasteiger partial charge in [-0.2, -0.15) is 0 Å². The third kappa shape index (κ3) is 4.49. The third-order valence-corrected chi connectivity index (χ3v) is 21.5. The molecule has 0 aliphatic heterocycles. The van der Waals surface area contributed by atoms with Gasteiger partial charge in [-0.05, 0) is 0 Å². The molecule has 0 heterocycles. The summed E-state index contributed by atoms with van der Waals surface area (Å²) in [4.78, 5) is 2.49. The first-order chi connectivity index (χ1) is 8.01. The van der Waals surface area contributed by atoms with Crippen molar-refractivity contribution in [2.75, 3.05) is 13.1 Å². The summed E-state index contributed by atoms with van der Waals surface area (Å²) >= 11 is -2.00. The first-order valence-corrected chi connectivity index (χ1v) is 15.0. The summed E-state index contributed by atoms with van der Waals surface area (Å²) in [6.45, 7) is 18.9. The monoisotopic (exact) mass is 347 g/mol. The second-order valence-electron chi connectivity index (χ2n) is 5.30. The van der Waals surface area contributed by atoms with Crippen molar-refractivity contribution < 1.29 is 0 Å². The van der Waals surface area contributed by atoms with Crippen LogP contribution in [0, 0.1) is 5.92 Å². The van der Waals surface area contributed by atoms with Crippen LogP contribution in [-0.2, 0) is 0 Å². The summed E-state index contributed by atoms with van der Waals surface area (Å²) in [6, 6.07) is 0. The molecular weight excluding hydrogens is 313 g/mol. The molecule has 0 radical (unpaired) electrons. The van der Waals surface area contributed by atoms with Crippen molar-refractivity contribution in [2.45, 2.75) is 61.8 Å². The van der Waals surface area contributed by atoms with Gasteiger partial charge in [0.1, 0.15) is 0 Å². The van der Waals surface area contributed by atoms with Gasteiger partial charge in [0, 0.05) is 0 Å². The van der Waals surface area contributed by atoms with Crippen LogP contribution in [0.4, 0.5) is 0 Å². The zero-order valence-electron chi connectivity index (χ0n) is 13.1. The Morgan fingerprint density at radius 3 is 1.59 bits per heavy atom. The van der Waals surface area contributed by atoms with Crippen molar-refractivity contribution in [1.82, 2.24) is 4.90 Å². The Bertz CT molecular complexity index is 217. The van der Waals surface area contributed by atoms with Gasteiger partial charge in [-0.15, -0.1) is 0 Å². The fourth-order valence-corrected chi connectivity index (χ4v) is 15.4. The van der Waals surface area contributed by atoms with E-state index >= 15 is 0 Å². The van der Waals surface area contributed by atoms with Crippen LogP contribution >= 0.6 is 0 Å². The van der Waals surface area contributed by atoms with Gasteiger partial charge in [0.2, 0.25) is 0 Å². The molecule has 102 valence electrons. The molecule has 0 N–H and O–H groups in total. The second kappa shape index (κ2) is 8.44. The molecule has 0 rings (SSSR count). The van der Waals surface area contributed by atoms with Gasteiger partial charge >= 0.3 is 114 Å². The number of hydrogen-bond donors (Lipinski definition) is 0. The van der Waals surface area contributed by atoms with E-state index in [9.17, 15) is 0 Å². The summed E-state index contributed by atoms with van der Waals surface area (Å²) in [5.41, 5.74) is 0. The number of rotatable bonds is 8. The zero-order chi connectivity index (χ0) is 13.5. The number of hydrogen-bond acceptors (Lipinski definition) is 1. The molecule has 0 aromatic rings. The molecule has 0 aliphatic carbocycles. The van der Waals surface area contributed by atoms with E-state index in [0.717, 1.165) is 19.0 Å². The van der Waals surface area contributed by atoms with E-state index in [1.807, 2.05) is 3.59 Å². The van der Waals surface area contributed by atoms with Crippen molar-refractivity contribution in [1.29, 1.82) is 0 Å². The topological polar surface area (TPSA) is 3.24 Å². The normalized spacial score (nSPS) is 13.3. The summed E-state index contributed by atoms with van der Waals surface area (Å²) in [5.74, 6) is 0.742. The molecule has 0 aliphatic rings. The van der Waals surface area contributed by atoms with E-state index in [1.54, 1.807) is 0 Å². The van der Waals surface area contributed by atoms with E-state index in [2.05, 4.69) is 59.6 Å². The molecule has 0 aromatic heterocycles. The molecule has 0 unspecified atom stereocenters. The van der Waals surface area contributed by atoms with Crippen LogP contribution in [0.15, 0.2) is 9.79 Å². The average Bonchev–Trinajstić information content (AvgIpc) is 2.35. The summed E-state index contributed by atoms with van der Waals surface area (Å²) < 4.78 is 6.25. The van der Waals surface area contributed by atoms with Crippen LogP contribution < -0.4 is 0 Å². The van der Waals surface area contributed by atoms with E-state index < -0.39 is 18.4 Å². The molecule has 0 aromatic carbocycles. The Morgan fingerprint density at radius 2 is 1.35 bits per heavy atom. The maximum absolute atomic E-state index is 2.54. The van der Waals surface area contributed by atoms with Crippen LogP contribution in [0.1, 0.15) is 48.5 Å². The van der Waals surface area contributed by atoms with Crippen LogP contribution in [0.5, 0.6) is 0 Å². The number of allylic oxidation sites excluding steroid dienone is 1. The van der Waals surface area contributed by atoms with Crippen LogP contribution in [0.25, 0.3) is 0 Å². The van der Waals surface area contributed by atoms with E-state index in [-0.39, 0.29) is 0 Å². The molecular formula is C15H33NSn. The molecule has 0 saturated heterocycles. The molecule has 0 bridgehead atoms. The molecule has 0 fully saturated rings. The molecule has 17 heavy (non-hydrogen) atoms.